The highest BCUT2D eigenvalue weighted by Crippen LogP contribution is 2.25. The molecule has 1 aromatic carbocycles. The first-order chi connectivity index (χ1) is 10.6. The fourth-order valence-electron chi connectivity index (χ4n) is 2.00. The van der Waals surface area contributed by atoms with E-state index >= 15 is 0 Å². The predicted octanol–water partition coefficient (Wildman–Crippen LogP) is 2.07. The lowest BCUT2D eigenvalue weighted by molar-refractivity contribution is -0.137. The summed E-state index contributed by atoms with van der Waals surface area (Å²) in [6.07, 6.45) is 2.14. The van der Waals surface area contributed by atoms with E-state index in [9.17, 15) is 9.59 Å². The molecule has 2 aromatic rings. The number of carbonyl (C=O) groups is 2. The number of nitrogens with one attached hydrogen (secondary N) is 2. The molecule has 1 heterocycles. The largest absolute Gasteiger partial charge is 0.481 e. The Hall–Kier alpha value is -2.83. The molecule has 22 heavy (non-hydrogen) atoms. The molecule has 2 rings (SSSR count). The van der Waals surface area contributed by atoms with Gasteiger partial charge in [0.05, 0.1) is 5.69 Å². The summed E-state index contributed by atoms with van der Waals surface area (Å²) in [5, 5.41) is 18.3. The van der Waals surface area contributed by atoms with Gasteiger partial charge in [-0.25, -0.2) is 4.79 Å². The summed E-state index contributed by atoms with van der Waals surface area (Å²) in [5.74, 6) is -0.874. The molecule has 0 saturated carbocycles. The van der Waals surface area contributed by atoms with E-state index in [2.05, 4.69) is 15.7 Å². The van der Waals surface area contributed by atoms with Crippen molar-refractivity contribution >= 4 is 17.7 Å². The number of benzene rings is 1. The molecule has 0 radical (unpaired) electrons. The summed E-state index contributed by atoms with van der Waals surface area (Å²) in [4.78, 5) is 22.2. The molecule has 116 valence electrons. The van der Waals surface area contributed by atoms with E-state index in [-0.39, 0.29) is 12.5 Å². The second kappa shape index (κ2) is 7.26. The van der Waals surface area contributed by atoms with Crippen LogP contribution in [-0.4, -0.2) is 33.4 Å². The predicted molar refractivity (Wildman–Crippen MR) is 82.5 cm³/mol. The second-order valence-corrected chi connectivity index (χ2v) is 4.81. The minimum Gasteiger partial charge on any atom is -0.481 e. The molecule has 0 unspecified atom stereocenters. The molecule has 0 atom stereocenters. The number of rotatable bonds is 6. The van der Waals surface area contributed by atoms with Gasteiger partial charge in [-0.3, -0.25) is 9.48 Å². The molecule has 7 nitrogen and oxygen atoms in total. The molecule has 0 aliphatic carbocycles. The third-order valence-electron chi connectivity index (χ3n) is 2.98. The Bertz CT molecular complexity index is 652. The maximum Gasteiger partial charge on any atom is 0.319 e. The highest BCUT2D eigenvalue weighted by Gasteiger charge is 2.12. The van der Waals surface area contributed by atoms with Crippen LogP contribution in [0.5, 0.6) is 0 Å². The van der Waals surface area contributed by atoms with Crippen LogP contribution in [0.15, 0.2) is 36.5 Å². The Kier molecular flexibility index (Phi) is 5.13. The molecule has 1 aromatic heterocycles. The van der Waals surface area contributed by atoms with Gasteiger partial charge in [0.15, 0.2) is 0 Å². The van der Waals surface area contributed by atoms with Crippen molar-refractivity contribution in [2.24, 2.45) is 7.05 Å². The van der Waals surface area contributed by atoms with Crippen molar-refractivity contribution in [3.8, 4) is 11.3 Å². The van der Waals surface area contributed by atoms with Gasteiger partial charge in [0.1, 0.15) is 5.69 Å². The number of nitrogens with zero attached hydrogens (tertiary/aromatic N) is 2. The minimum absolute atomic E-state index is 0.0302. The van der Waals surface area contributed by atoms with Gasteiger partial charge in [-0.15, -0.1) is 0 Å². The fraction of sp³-hybridized carbons (Fsp3) is 0.267. The van der Waals surface area contributed by atoms with Crippen molar-refractivity contribution in [3.05, 3.63) is 36.5 Å². The Morgan fingerprint density at radius 3 is 2.68 bits per heavy atom. The molecule has 2 amide bonds. The number of aryl methyl sites for hydroxylation is 1. The maximum atomic E-state index is 11.8. The molecular formula is C15H18N4O3. The quantitative estimate of drug-likeness (QED) is 0.712. The van der Waals surface area contributed by atoms with Crippen LogP contribution in [0.3, 0.4) is 0 Å². The van der Waals surface area contributed by atoms with Gasteiger partial charge in [-0.1, -0.05) is 30.3 Å². The zero-order chi connectivity index (χ0) is 15.9. The number of carbonyl (C=O) groups excluding carboxylic acids is 1. The second-order valence-electron chi connectivity index (χ2n) is 4.81. The van der Waals surface area contributed by atoms with Gasteiger partial charge in [-0.2, -0.15) is 5.10 Å². The number of anilines is 1. The molecule has 0 saturated heterocycles. The standard InChI is InChI=1S/C15H18N4O3/c1-19-10-12(14(18-19)11-6-3-2-4-7-11)17-15(22)16-9-5-8-13(20)21/h2-4,6-7,10H,5,8-9H2,1H3,(H,20,21)(H2,16,17,22). The van der Waals surface area contributed by atoms with Gasteiger partial charge in [0, 0.05) is 31.8 Å². The number of aromatic nitrogens is 2. The number of carboxylic acid groups (broad SMARTS) is 1. The van der Waals surface area contributed by atoms with Crippen molar-refractivity contribution in [1.82, 2.24) is 15.1 Å². The fourth-order valence-corrected chi connectivity index (χ4v) is 2.00. The van der Waals surface area contributed by atoms with Crippen LogP contribution in [-0.2, 0) is 11.8 Å². The Labute approximate surface area is 128 Å². The smallest absolute Gasteiger partial charge is 0.319 e. The third-order valence-corrected chi connectivity index (χ3v) is 2.98. The van der Waals surface area contributed by atoms with Crippen molar-refractivity contribution in [3.63, 3.8) is 0 Å². The zero-order valence-electron chi connectivity index (χ0n) is 12.2. The Morgan fingerprint density at radius 1 is 1.27 bits per heavy atom. The number of amides is 2. The first-order valence-electron chi connectivity index (χ1n) is 6.92. The van der Waals surface area contributed by atoms with E-state index in [1.54, 1.807) is 17.9 Å². The van der Waals surface area contributed by atoms with Crippen LogP contribution >= 0.6 is 0 Å². The summed E-state index contributed by atoms with van der Waals surface area (Å²) in [6, 6.07) is 9.17. The van der Waals surface area contributed by atoms with E-state index in [1.807, 2.05) is 30.3 Å². The van der Waals surface area contributed by atoms with Gasteiger partial charge in [-0.05, 0) is 6.42 Å². The van der Waals surface area contributed by atoms with Crippen molar-refractivity contribution in [2.45, 2.75) is 12.8 Å². The molecular weight excluding hydrogens is 284 g/mol. The molecule has 0 bridgehead atoms. The maximum absolute atomic E-state index is 11.8. The molecule has 0 aliphatic rings. The van der Waals surface area contributed by atoms with Gasteiger partial charge in [0.25, 0.3) is 0 Å². The number of hydrogen-bond acceptors (Lipinski definition) is 3. The molecule has 7 heteroatoms. The highest BCUT2D eigenvalue weighted by atomic mass is 16.4. The highest BCUT2D eigenvalue weighted by molar-refractivity contribution is 5.93. The first kappa shape index (κ1) is 15.6. The number of urea groups is 1. The van der Waals surface area contributed by atoms with E-state index in [0.29, 0.717) is 24.3 Å². The lowest BCUT2D eigenvalue weighted by atomic mass is 10.1. The van der Waals surface area contributed by atoms with Crippen LogP contribution in [0, 0.1) is 0 Å². The minimum atomic E-state index is -0.874. The van der Waals surface area contributed by atoms with Crippen LogP contribution < -0.4 is 10.6 Å². The van der Waals surface area contributed by atoms with E-state index in [4.69, 9.17) is 5.11 Å². The van der Waals surface area contributed by atoms with Crippen molar-refractivity contribution < 1.29 is 14.7 Å². The van der Waals surface area contributed by atoms with Gasteiger partial charge in [0.2, 0.25) is 0 Å². The summed E-state index contributed by atoms with van der Waals surface area (Å²) in [7, 11) is 1.78. The molecule has 0 fully saturated rings. The summed E-state index contributed by atoms with van der Waals surface area (Å²) >= 11 is 0. The third kappa shape index (κ3) is 4.34. The van der Waals surface area contributed by atoms with Crippen LogP contribution in [0.25, 0.3) is 11.3 Å². The van der Waals surface area contributed by atoms with Crippen LogP contribution in [0.2, 0.25) is 0 Å². The Morgan fingerprint density at radius 2 is 2.00 bits per heavy atom. The average Bonchev–Trinajstić information content (AvgIpc) is 2.85. The normalized spacial score (nSPS) is 10.2. The monoisotopic (exact) mass is 302 g/mol. The lowest BCUT2D eigenvalue weighted by Crippen LogP contribution is -2.29. The first-order valence-corrected chi connectivity index (χ1v) is 6.92. The molecule has 0 aliphatic heterocycles. The Balaban J connectivity index is 1.98. The van der Waals surface area contributed by atoms with Crippen LogP contribution in [0.1, 0.15) is 12.8 Å². The van der Waals surface area contributed by atoms with Gasteiger partial charge < -0.3 is 15.7 Å². The molecule has 0 spiro atoms. The van der Waals surface area contributed by atoms with Crippen LogP contribution in [0.4, 0.5) is 10.5 Å². The number of aliphatic carboxylic acids is 1. The topological polar surface area (TPSA) is 96.2 Å². The number of carboxylic acids is 1. The van der Waals surface area contributed by atoms with E-state index < -0.39 is 5.97 Å². The molecule has 3 N–H and O–H groups in total. The van der Waals surface area contributed by atoms with E-state index in [1.165, 1.54) is 0 Å². The lowest BCUT2D eigenvalue weighted by Gasteiger charge is -2.07. The van der Waals surface area contributed by atoms with Crippen molar-refractivity contribution in [1.29, 1.82) is 0 Å². The summed E-state index contributed by atoms with van der Waals surface area (Å²) in [5.41, 5.74) is 2.19. The average molecular weight is 302 g/mol. The van der Waals surface area contributed by atoms with E-state index in [0.717, 1.165) is 5.56 Å². The number of hydrogen-bond donors (Lipinski definition) is 3. The SMILES string of the molecule is Cn1cc(NC(=O)NCCCC(=O)O)c(-c2ccccc2)n1. The van der Waals surface area contributed by atoms with Gasteiger partial charge >= 0.3 is 12.0 Å². The van der Waals surface area contributed by atoms with Crippen molar-refractivity contribution in [2.75, 3.05) is 11.9 Å². The summed E-state index contributed by atoms with van der Waals surface area (Å²) < 4.78 is 1.63. The summed E-state index contributed by atoms with van der Waals surface area (Å²) in [6.45, 7) is 0.305. The zero-order valence-corrected chi connectivity index (χ0v) is 12.2.